The number of ether oxygens (including phenoxy) is 1. The molecule has 3 rings (SSSR count). The molecule has 134 valence electrons. The Morgan fingerprint density at radius 3 is 2.60 bits per heavy atom. The molecule has 1 amide bonds. The second-order valence-corrected chi connectivity index (χ2v) is 6.35. The van der Waals surface area contributed by atoms with Crippen LogP contribution in [0.1, 0.15) is 48.0 Å². The summed E-state index contributed by atoms with van der Waals surface area (Å²) in [5.41, 5.74) is 8.71. The maximum absolute atomic E-state index is 12.3. The van der Waals surface area contributed by atoms with Crippen molar-refractivity contribution in [2.45, 2.75) is 44.8 Å². The van der Waals surface area contributed by atoms with Crippen LogP contribution >= 0.6 is 12.4 Å². The third-order valence-corrected chi connectivity index (χ3v) is 4.37. The normalized spacial score (nSPS) is 14.6. The topological polar surface area (TPSA) is 64.4 Å². The molecule has 1 saturated carbocycles. The second-order valence-electron chi connectivity index (χ2n) is 6.35. The standard InChI is InChI=1S/C20H24N2O2.ClH/c21-17-8-5-7-16(13-17)20(23)22-18-9-4-6-15(12-18)14-24-19-10-2-1-3-11-19;/h4-9,12-13,19H,1-3,10-11,14,21H2,(H,22,23);1H. The molecule has 2 aromatic carbocycles. The number of amides is 1. The lowest BCUT2D eigenvalue weighted by molar-refractivity contribution is 0.0169. The van der Waals surface area contributed by atoms with E-state index in [0.29, 0.717) is 24.0 Å². The quantitative estimate of drug-likeness (QED) is 0.753. The van der Waals surface area contributed by atoms with E-state index in [-0.39, 0.29) is 18.3 Å². The molecule has 5 heteroatoms. The lowest BCUT2D eigenvalue weighted by atomic mass is 9.98. The van der Waals surface area contributed by atoms with Gasteiger partial charge in [0.05, 0.1) is 12.7 Å². The van der Waals surface area contributed by atoms with Gasteiger partial charge in [0.25, 0.3) is 5.91 Å². The number of hydrogen-bond acceptors (Lipinski definition) is 3. The van der Waals surface area contributed by atoms with E-state index in [1.807, 2.05) is 24.3 Å². The average Bonchev–Trinajstić information content (AvgIpc) is 2.61. The smallest absolute Gasteiger partial charge is 0.255 e. The monoisotopic (exact) mass is 360 g/mol. The Hall–Kier alpha value is -2.04. The Bertz CT molecular complexity index is 700. The maximum atomic E-state index is 12.3. The maximum Gasteiger partial charge on any atom is 0.255 e. The minimum Gasteiger partial charge on any atom is -0.399 e. The fourth-order valence-electron chi connectivity index (χ4n) is 3.07. The van der Waals surface area contributed by atoms with E-state index in [9.17, 15) is 4.79 Å². The molecular formula is C20H25ClN2O2. The minimum atomic E-state index is -0.160. The molecule has 4 nitrogen and oxygen atoms in total. The van der Waals surface area contributed by atoms with E-state index in [4.69, 9.17) is 10.5 Å². The fourth-order valence-corrected chi connectivity index (χ4v) is 3.07. The van der Waals surface area contributed by atoms with E-state index in [1.54, 1.807) is 24.3 Å². The van der Waals surface area contributed by atoms with Gasteiger partial charge in [-0.05, 0) is 48.7 Å². The summed E-state index contributed by atoms with van der Waals surface area (Å²) in [6, 6.07) is 14.8. The summed E-state index contributed by atoms with van der Waals surface area (Å²) in [6.07, 6.45) is 6.55. The minimum absolute atomic E-state index is 0. The van der Waals surface area contributed by atoms with Gasteiger partial charge in [0.2, 0.25) is 0 Å². The van der Waals surface area contributed by atoms with Crippen LogP contribution in [0.2, 0.25) is 0 Å². The molecule has 3 N–H and O–H groups in total. The van der Waals surface area contributed by atoms with Crippen LogP contribution in [0, 0.1) is 0 Å². The SMILES string of the molecule is Cl.Nc1cccc(C(=O)Nc2cccc(COC3CCCCC3)c2)c1. The van der Waals surface area contributed by atoms with Crippen LogP contribution in [0.15, 0.2) is 48.5 Å². The molecule has 2 aromatic rings. The van der Waals surface area contributed by atoms with Crippen molar-refractivity contribution in [3.05, 3.63) is 59.7 Å². The molecule has 0 atom stereocenters. The van der Waals surface area contributed by atoms with Crippen LogP contribution in [0.3, 0.4) is 0 Å². The highest BCUT2D eigenvalue weighted by atomic mass is 35.5. The lowest BCUT2D eigenvalue weighted by Gasteiger charge is -2.22. The van der Waals surface area contributed by atoms with E-state index in [2.05, 4.69) is 5.32 Å². The van der Waals surface area contributed by atoms with Gasteiger partial charge in [-0.2, -0.15) is 0 Å². The first-order valence-electron chi connectivity index (χ1n) is 8.58. The van der Waals surface area contributed by atoms with Crippen LogP contribution in [-0.4, -0.2) is 12.0 Å². The number of rotatable bonds is 5. The predicted molar refractivity (Wildman–Crippen MR) is 104 cm³/mol. The highest BCUT2D eigenvalue weighted by molar-refractivity contribution is 6.04. The molecule has 1 aliphatic rings. The Balaban J connectivity index is 0.00000225. The fraction of sp³-hybridized carbons (Fsp3) is 0.350. The van der Waals surface area contributed by atoms with Crippen molar-refractivity contribution in [1.29, 1.82) is 0 Å². The van der Waals surface area contributed by atoms with Crippen LogP contribution < -0.4 is 11.1 Å². The summed E-state index contributed by atoms with van der Waals surface area (Å²) >= 11 is 0. The van der Waals surface area contributed by atoms with Crippen molar-refractivity contribution in [3.8, 4) is 0 Å². The summed E-state index contributed by atoms with van der Waals surface area (Å²) in [4.78, 5) is 12.3. The van der Waals surface area contributed by atoms with Crippen molar-refractivity contribution in [3.63, 3.8) is 0 Å². The van der Waals surface area contributed by atoms with Crippen LogP contribution in [0.5, 0.6) is 0 Å². The van der Waals surface area contributed by atoms with Crippen LogP contribution in [-0.2, 0) is 11.3 Å². The Kier molecular flexibility index (Phi) is 7.29. The molecule has 0 unspecified atom stereocenters. The largest absolute Gasteiger partial charge is 0.399 e. The first-order valence-corrected chi connectivity index (χ1v) is 8.58. The lowest BCUT2D eigenvalue weighted by Crippen LogP contribution is -2.16. The summed E-state index contributed by atoms with van der Waals surface area (Å²) < 4.78 is 6.00. The van der Waals surface area contributed by atoms with E-state index < -0.39 is 0 Å². The first kappa shape index (κ1) is 19.3. The highest BCUT2D eigenvalue weighted by Gasteiger charge is 2.13. The average molecular weight is 361 g/mol. The number of nitrogens with two attached hydrogens (primary N) is 1. The van der Waals surface area contributed by atoms with Crippen LogP contribution in [0.25, 0.3) is 0 Å². The molecule has 0 heterocycles. The van der Waals surface area contributed by atoms with Gasteiger partial charge in [-0.15, -0.1) is 12.4 Å². The van der Waals surface area contributed by atoms with E-state index in [1.165, 1.54) is 19.3 Å². The third kappa shape index (κ3) is 5.76. The van der Waals surface area contributed by atoms with Crippen molar-refractivity contribution in [2.24, 2.45) is 0 Å². The zero-order valence-corrected chi connectivity index (χ0v) is 15.1. The van der Waals surface area contributed by atoms with Gasteiger partial charge in [-0.1, -0.05) is 37.5 Å². The number of anilines is 2. The van der Waals surface area contributed by atoms with Gasteiger partial charge < -0.3 is 15.8 Å². The molecule has 0 aliphatic heterocycles. The summed E-state index contributed by atoms with van der Waals surface area (Å²) in [7, 11) is 0. The number of carbonyl (C=O) groups is 1. The van der Waals surface area contributed by atoms with Gasteiger partial charge in [0.1, 0.15) is 0 Å². The zero-order valence-electron chi connectivity index (χ0n) is 14.2. The number of halogens is 1. The molecule has 0 aromatic heterocycles. The van der Waals surface area contributed by atoms with E-state index >= 15 is 0 Å². The predicted octanol–water partition coefficient (Wildman–Crippen LogP) is 4.79. The summed E-state index contributed by atoms with van der Waals surface area (Å²) in [5, 5.41) is 2.91. The van der Waals surface area contributed by atoms with Gasteiger partial charge >= 0.3 is 0 Å². The van der Waals surface area contributed by atoms with Crippen molar-refractivity contribution in [2.75, 3.05) is 11.1 Å². The van der Waals surface area contributed by atoms with Crippen LogP contribution in [0.4, 0.5) is 11.4 Å². The molecule has 1 fully saturated rings. The Morgan fingerprint density at radius 1 is 1.08 bits per heavy atom. The number of nitrogens with one attached hydrogen (secondary N) is 1. The molecule has 0 bridgehead atoms. The molecule has 25 heavy (non-hydrogen) atoms. The first-order chi connectivity index (χ1) is 11.7. The number of hydrogen-bond donors (Lipinski definition) is 2. The van der Waals surface area contributed by atoms with Crippen molar-refractivity contribution < 1.29 is 9.53 Å². The van der Waals surface area contributed by atoms with Gasteiger partial charge in [0.15, 0.2) is 0 Å². The third-order valence-electron chi connectivity index (χ3n) is 4.37. The summed E-state index contributed by atoms with van der Waals surface area (Å²) in [6.45, 7) is 0.590. The number of nitrogen functional groups attached to an aromatic ring is 1. The van der Waals surface area contributed by atoms with Crippen molar-refractivity contribution in [1.82, 2.24) is 0 Å². The summed E-state index contributed by atoms with van der Waals surface area (Å²) in [5.74, 6) is -0.160. The highest BCUT2D eigenvalue weighted by Crippen LogP contribution is 2.22. The van der Waals surface area contributed by atoms with E-state index in [0.717, 1.165) is 24.1 Å². The van der Waals surface area contributed by atoms with Gasteiger partial charge in [-0.3, -0.25) is 4.79 Å². The van der Waals surface area contributed by atoms with Gasteiger partial charge in [-0.25, -0.2) is 0 Å². The molecule has 0 radical (unpaired) electrons. The zero-order chi connectivity index (χ0) is 16.8. The molecule has 1 aliphatic carbocycles. The molecule has 0 spiro atoms. The number of carbonyl (C=O) groups excluding carboxylic acids is 1. The Morgan fingerprint density at radius 2 is 1.84 bits per heavy atom. The second kappa shape index (κ2) is 9.44. The van der Waals surface area contributed by atoms with Crippen molar-refractivity contribution >= 4 is 29.7 Å². The molecular weight excluding hydrogens is 336 g/mol. The molecule has 0 saturated heterocycles. The number of benzene rings is 2. The van der Waals surface area contributed by atoms with Gasteiger partial charge in [0, 0.05) is 16.9 Å². The Labute approximate surface area is 155 Å².